The van der Waals surface area contributed by atoms with Crippen LogP contribution in [-0.4, -0.2) is 69.9 Å². The average Bonchev–Trinajstić information content (AvgIpc) is 3.01. The summed E-state index contributed by atoms with van der Waals surface area (Å²) in [6.07, 6.45) is 16.5. The van der Waals surface area contributed by atoms with Crippen LogP contribution in [0.5, 0.6) is 11.5 Å². The molecule has 0 amide bonds. The quantitative estimate of drug-likeness (QED) is 0.331. The first-order valence-corrected chi connectivity index (χ1v) is 16.7. The van der Waals surface area contributed by atoms with E-state index in [1.165, 1.54) is 94.6 Å². The molecule has 0 spiro atoms. The molecule has 1 radical (unpaired) electrons. The zero-order chi connectivity index (χ0) is 28.4. The number of hydrogen-bond acceptors (Lipinski definition) is 3. The summed E-state index contributed by atoms with van der Waals surface area (Å²) in [6, 6.07) is 15.3. The third-order valence-electron chi connectivity index (χ3n) is 13.2. The molecule has 5 heteroatoms. The van der Waals surface area contributed by atoms with E-state index in [4.69, 9.17) is 9.47 Å². The molecule has 4 aliphatic carbocycles. The van der Waals surface area contributed by atoms with Gasteiger partial charge in [0.05, 0.1) is 40.9 Å². The van der Waals surface area contributed by atoms with Crippen molar-refractivity contribution in [2.45, 2.75) is 100.0 Å². The molecule has 2 aliphatic heterocycles. The number of benzene rings is 2. The Balaban J connectivity index is 0.000000147. The number of rotatable bonds is 2. The Hall–Kier alpha value is -0.936. The van der Waals surface area contributed by atoms with Gasteiger partial charge in [-0.05, 0) is 105 Å². The monoisotopic (exact) mass is 646 g/mol. The van der Waals surface area contributed by atoms with Crippen LogP contribution in [0.1, 0.15) is 86.5 Å². The van der Waals surface area contributed by atoms with Crippen LogP contribution >= 0.6 is 0 Å². The minimum Gasteiger partial charge on any atom is -0.497 e. The summed E-state index contributed by atoms with van der Waals surface area (Å²) < 4.78 is 12.3. The number of methoxy groups -OCH3 is 2. The first-order chi connectivity index (χ1) is 19.8. The molecule has 2 saturated carbocycles. The van der Waals surface area contributed by atoms with E-state index in [1.54, 1.807) is 36.5 Å². The molecule has 2 aromatic carbocycles. The molecule has 4 fully saturated rings. The van der Waals surface area contributed by atoms with E-state index in [2.05, 4.69) is 62.4 Å². The Labute approximate surface area is 280 Å². The van der Waals surface area contributed by atoms with E-state index in [-0.39, 0.29) is 32.7 Å². The van der Waals surface area contributed by atoms with Crippen LogP contribution in [0.15, 0.2) is 36.4 Å². The van der Waals surface area contributed by atoms with Crippen LogP contribution in [-0.2, 0) is 56.4 Å². The Morgan fingerprint density at radius 1 is 0.738 bits per heavy atom. The maximum atomic E-state index is 5.53. The van der Waals surface area contributed by atoms with Gasteiger partial charge in [-0.15, -0.1) is 0 Å². The molecule has 6 atom stereocenters. The van der Waals surface area contributed by atoms with E-state index in [9.17, 15) is 0 Å². The van der Waals surface area contributed by atoms with Gasteiger partial charge in [-0.3, -0.25) is 0 Å². The molecule has 6 aliphatic rings. The van der Waals surface area contributed by atoms with E-state index < -0.39 is 0 Å². The van der Waals surface area contributed by atoms with Gasteiger partial charge in [0.15, 0.2) is 0 Å². The van der Waals surface area contributed by atoms with Crippen molar-refractivity contribution >= 4 is 0 Å². The molecule has 0 N–H and O–H groups in total. The molecule has 8 rings (SSSR count). The summed E-state index contributed by atoms with van der Waals surface area (Å²) in [7, 11) is 10.8. The molecule has 42 heavy (non-hydrogen) atoms. The van der Waals surface area contributed by atoms with Crippen LogP contribution in [0, 0.1) is 11.8 Å². The summed E-state index contributed by atoms with van der Waals surface area (Å²) in [6.45, 7) is 2.59. The van der Waals surface area contributed by atoms with Gasteiger partial charge in [0.2, 0.25) is 0 Å². The molecule has 6 unspecified atom stereocenters. The standard InChI is InChI=1S/C19H28NO.C18H25NO.Y/c1-20(2)11-10-19-9-5-4-6-16(19)18(20)12-14-7-8-15(21-3)13-17(14)19;1-19-10-9-18-8-4-3-5-15(18)17(19)11-13-6-7-14(20-2)12-16(13)18;/h7-8,13,16,18H,4-6,9-12H2,1-3H3;6-7,12,15,17H,3-5,8-11H2,1-2H3;/q+1;;. The van der Waals surface area contributed by atoms with Crippen LogP contribution in [0.4, 0.5) is 0 Å². The van der Waals surface area contributed by atoms with Gasteiger partial charge in [0.1, 0.15) is 11.5 Å². The molecule has 2 aromatic rings. The predicted molar refractivity (Wildman–Crippen MR) is 167 cm³/mol. The maximum absolute atomic E-state index is 5.53. The Morgan fingerprint density at radius 2 is 1.31 bits per heavy atom. The average molecular weight is 647 g/mol. The van der Waals surface area contributed by atoms with Crippen molar-refractivity contribution in [1.82, 2.24) is 4.90 Å². The van der Waals surface area contributed by atoms with Gasteiger partial charge in [0, 0.05) is 68.3 Å². The van der Waals surface area contributed by atoms with Crippen molar-refractivity contribution in [3.8, 4) is 11.5 Å². The smallest absolute Gasteiger partial charge is 0.119 e. The molecule has 0 aromatic heterocycles. The Morgan fingerprint density at radius 3 is 1.93 bits per heavy atom. The molecule has 2 saturated heterocycles. The Bertz CT molecular complexity index is 1290. The fraction of sp³-hybridized carbons (Fsp3) is 0.676. The largest absolute Gasteiger partial charge is 0.497 e. The summed E-state index contributed by atoms with van der Waals surface area (Å²) in [5.41, 5.74) is 7.37. The molecule has 4 bridgehead atoms. The molecule has 2 heterocycles. The number of likely N-dealkylation sites (N-methyl/N-ethyl adjacent to an activating group) is 2. The number of piperidine rings is 2. The topological polar surface area (TPSA) is 21.7 Å². The molecular formula is C37H53N2O2Y+. The van der Waals surface area contributed by atoms with Crippen molar-refractivity contribution < 1.29 is 46.7 Å². The fourth-order valence-electron chi connectivity index (χ4n) is 11.0. The number of quaternary nitrogens is 1. The summed E-state index contributed by atoms with van der Waals surface area (Å²) in [4.78, 5) is 2.63. The van der Waals surface area contributed by atoms with E-state index in [0.717, 1.165) is 35.4 Å². The van der Waals surface area contributed by atoms with Gasteiger partial charge in [-0.1, -0.05) is 37.8 Å². The summed E-state index contributed by atoms with van der Waals surface area (Å²) in [5.74, 6) is 3.84. The van der Waals surface area contributed by atoms with Crippen molar-refractivity contribution in [1.29, 1.82) is 0 Å². The molecular weight excluding hydrogens is 593 g/mol. The van der Waals surface area contributed by atoms with Crippen molar-refractivity contribution in [3.63, 3.8) is 0 Å². The van der Waals surface area contributed by atoms with Gasteiger partial charge < -0.3 is 18.9 Å². The first kappa shape index (κ1) is 31.1. The van der Waals surface area contributed by atoms with Crippen LogP contribution in [0.25, 0.3) is 0 Å². The number of fused-ring (bicyclic) bond motifs is 2. The first-order valence-electron chi connectivity index (χ1n) is 16.7. The van der Waals surface area contributed by atoms with Crippen LogP contribution in [0.2, 0.25) is 0 Å². The zero-order valence-electron chi connectivity index (χ0n) is 27.0. The van der Waals surface area contributed by atoms with Crippen LogP contribution < -0.4 is 9.47 Å². The normalized spacial score (nSPS) is 35.5. The van der Waals surface area contributed by atoms with Crippen molar-refractivity contribution in [2.24, 2.45) is 11.8 Å². The third kappa shape index (κ3) is 4.85. The molecule has 4 nitrogen and oxygen atoms in total. The maximum Gasteiger partial charge on any atom is 0.119 e. The number of hydrogen-bond donors (Lipinski definition) is 0. The molecule has 225 valence electrons. The zero-order valence-corrected chi connectivity index (χ0v) is 29.8. The van der Waals surface area contributed by atoms with Crippen molar-refractivity contribution in [2.75, 3.05) is 48.5 Å². The predicted octanol–water partition coefficient (Wildman–Crippen LogP) is 6.91. The van der Waals surface area contributed by atoms with E-state index >= 15 is 0 Å². The Kier molecular flexibility index (Phi) is 8.71. The second-order valence-corrected chi connectivity index (χ2v) is 15.1. The number of likely N-dealkylation sites (tertiary alicyclic amines) is 2. The fourth-order valence-corrected chi connectivity index (χ4v) is 11.0. The third-order valence-corrected chi connectivity index (χ3v) is 13.2. The second-order valence-electron chi connectivity index (χ2n) is 15.1. The van der Waals surface area contributed by atoms with Gasteiger partial charge in [-0.2, -0.15) is 0 Å². The minimum atomic E-state index is 0. The second kappa shape index (κ2) is 11.8. The summed E-state index contributed by atoms with van der Waals surface area (Å²) >= 11 is 0. The van der Waals surface area contributed by atoms with Gasteiger partial charge in [-0.25, -0.2) is 0 Å². The van der Waals surface area contributed by atoms with Gasteiger partial charge in [0.25, 0.3) is 0 Å². The number of nitrogens with zero attached hydrogens (tertiary/aromatic N) is 2. The van der Waals surface area contributed by atoms with E-state index in [0.29, 0.717) is 10.8 Å². The van der Waals surface area contributed by atoms with Gasteiger partial charge >= 0.3 is 0 Å². The number of ether oxygens (including phenoxy) is 2. The summed E-state index contributed by atoms with van der Waals surface area (Å²) in [5, 5.41) is 0. The van der Waals surface area contributed by atoms with E-state index in [1.807, 2.05) is 0 Å². The minimum absolute atomic E-state index is 0. The van der Waals surface area contributed by atoms with Crippen LogP contribution in [0.3, 0.4) is 0 Å². The van der Waals surface area contributed by atoms with Crippen molar-refractivity contribution in [3.05, 3.63) is 58.7 Å². The SMILES string of the molecule is COc1ccc2c(c1)C13CCCCC1C(C2)N(C)CC3.COc1ccc2c(c1)C13CCCCC1C(C2)[N+](C)(C)CC3.[Y].